The fraction of sp³-hybridized carbons (Fsp3) is 0.800. The van der Waals surface area contributed by atoms with Crippen molar-refractivity contribution in [2.24, 2.45) is 16.7 Å². The largest absolute Gasteiger partial charge is 0.464 e. The van der Waals surface area contributed by atoms with Gasteiger partial charge < -0.3 is 14.2 Å². The van der Waals surface area contributed by atoms with Gasteiger partial charge >= 0.3 is 17.9 Å². The predicted octanol–water partition coefficient (Wildman–Crippen LogP) is 2.81. The van der Waals surface area contributed by atoms with E-state index in [-0.39, 0.29) is 24.7 Å². The van der Waals surface area contributed by atoms with Crippen LogP contribution in [0.3, 0.4) is 0 Å². The molecule has 0 unspecified atom stereocenters. The lowest BCUT2D eigenvalue weighted by molar-refractivity contribution is -0.211. The number of halogens is 1. The van der Waals surface area contributed by atoms with E-state index in [1.165, 1.54) is 20.8 Å². The van der Waals surface area contributed by atoms with E-state index in [1.807, 2.05) is 20.8 Å². The number of hydrogen-bond acceptors (Lipinski definition) is 7. The topological polar surface area (TPSA) is 96.0 Å². The van der Waals surface area contributed by atoms with Gasteiger partial charge in [0.2, 0.25) is 0 Å². The Kier molecular flexibility index (Phi) is 6.19. The molecule has 2 fully saturated rings. The molecule has 2 rings (SSSR count). The fourth-order valence-electron chi connectivity index (χ4n) is 5.18. The first-order valence-electron chi connectivity index (χ1n) is 9.45. The maximum absolute atomic E-state index is 13.5. The predicted molar refractivity (Wildman–Crippen MR) is 101 cm³/mol. The Balaban J connectivity index is 2.43. The Bertz CT molecular complexity index is 688. The lowest BCUT2D eigenvalue weighted by Gasteiger charge is -2.59. The molecule has 0 spiro atoms. The van der Waals surface area contributed by atoms with E-state index in [1.54, 1.807) is 0 Å². The maximum Gasteiger partial charge on any atom is 0.303 e. The number of alkyl halides is 1. The first kappa shape index (κ1) is 22.7. The highest BCUT2D eigenvalue weighted by atomic mass is 35.5. The summed E-state index contributed by atoms with van der Waals surface area (Å²) >= 11 is 6.63. The second-order valence-electron chi connectivity index (χ2n) is 8.79. The van der Waals surface area contributed by atoms with Crippen molar-refractivity contribution in [3.8, 4) is 0 Å². The third-order valence-corrected chi connectivity index (χ3v) is 6.70. The van der Waals surface area contributed by atoms with Crippen LogP contribution in [0.15, 0.2) is 0 Å². The van der Waals surface area contributed by atoms with Crippen LogP contribution < -0.4 is 0 Å². The molecule has 0 aromatic rings. The molecule has 158 valence electrons. The number of fused-ring (bicyclic) bond motifs is 1. The van der Waals surface area contributed by atoms with Crippen molar-refractivity contribution in [2.45, 2.75) is 77.9 Å². The van der Waals surface area contributed by atoms with Gasteiger partial charge in [-0.15, -0.1) is 11.6 Å². The fourth-order valence-corrected chi connectivity index (χ4v) is 5.56. The van der Waals surface area contributed by atoms with Crippen LogP contribution in [-0.4, -0.2) is 47.4 Å². The van der Waals surface area contributed by atoms with E-state index in [0.717, 1.165) is 0 Å². The number of carbonyl (C=O) groups is 4. The van der Waals surface area contributed by atoms with Gasteiger partial charge in [-0.2, -0.15) is 0 Å². The van der Waals surface area contributed by atoms with Gasteiger partial charge in [-0.25, -0.2) is 0 Å². The number of Topliss-reactive ketones (excluding diaryl/α,β-unsaturated/α-hetero) is 1. The second-order valence-corrected chi connectivity index (χ2v) is 9.51. The van der Waals surface area contributed by atoms with Crippen LogP contribution in [0.5, 0.6) is 0 Å². The minimum Gasteiger partial charge on any atom is -0.464 e. The average molecular weight is 417 g/mol. The van der Waals surface area contributed by atoms with E-state index < -0.39 is 45.8 Å². The number of hydrogen-bond donors (Lipinski definition) is 0. The summed E-state index contributed by atoms with van der Waals surface area (Å²) in [6, 6.07) is 0. The second kappa shape index (κ2) is 7.65. The summed E-state index contributed by atoms with van der Waals surface area (Å²) in [5, 5.41) is 0. The van der Waals surface area contributed by atoms with E-state index in [9.17, 15) is 19.2 Å². The summed E-state index contributed by atoms with van der Waals surface area (Å²) in [6.07, 6.45) is -0.322. The monoisotopic (exact) mass is 416 g/mol. The van der Waals surface area contributed by atoms with Crippen LogP contribution in [0.2, 0.25) is 0 Å². The summed E-state index contributed by atoms with van der Waals surface area (Å²) in [5.41, 5.74) is -1.55. The molecule has 0 heterocycles. The van der Waals surface area contributed by atoms with E-state index in [2.05, 4.69) is 0 Å². The highest BCUT2D eigenvalue weighted by Gasteiger charge is 2.65. The molecular formula is C20H29ClO7. The third-order valence-electron chi connectivity index (χ3n) is 6.23. The highest BCUT2D eigenvalue weighted by Crippen LogP contribution is 2.60. The van der Waals surface area contributed by atoms with E-state index in [0.29, 0.717) is 12.8 Å². The zero-order valence-electron chi connectivity index (χ0n) is 17.3. The van der Waals surface area contributed by atoms with Gasteiger partial charge in [0.05, 0.1) is 0 Å². The van der Waals surface area contributed by atoms with Gasteiger partial charge in [-0.1, -0.05) is 20.8 Å². The van der Waals surface area contributed by atoms with Crippen LogP contribution in [0, 0.1) is 16.7 Å². The van der Waals surface area contributed by atoms with Crippen molar-refractivity contribution in [1.82, 2.24) is 0 Å². The van der Waals surface area contributed by atoms with Crippen LogP contribution >= 0.6 is 11.6 Å². The lowest BCUT2D eigenvalue weighted by Crippen LogP contribution is -2.66. The Labute approximate surface area is 170 Å². The summed E-state index contributed by atoms with van der Waals surface area (Å²) < 4.78 is 16.1. The molecule has 0 N–H and O–H groups in total. The molecule has 0 aromatic carbocycles. The van der Waals surface area contributed by atoms with Gasteiger partial charge in [-0.05, 0) is 18.8 Å². The van der Waals surface area contributed by atoms with Crippen LogP contribution in [-0.2, 0) is 33.4 Å². The van der Waals surface area contributed by atoms with Crippen molar-refractivity contribution in [3.63, 3.8) is 0 Å². The number of ketones is 1. The molecule has 7 nitrogen and oxygen atoms in total. The molecule has 0 radical (unpaired) electrons. The summed E-state index contributed by atoms with van der Waals surface area (Å²) in [6.45, 7) is 9.30. The molecule has 2 saturated carbocycles. The van der Waals surface area contributed by atoms with E-state index >= 15 is 0 Å². The van der Waals surface area contributed by atoms with Gasteiger partial charge in [-0.3, -0.25) is 19.2 Å². The molecule has 0 saturated heterocycles. The molecular weight excluding hydrogens is 388 g/mol. The van der Waals surface area contributed by atoms with Crippen LogP contribution in [0.1, 0.15) is 60.8 Å². The van der Waals surface area contributed by atoms with E-state index in [4.69, 9.17) is 25.8 Å². The van der Waals surface area contributed by atoms with Crippen molar-refractivity contribution < 1.29 is 33.4 Å². The highest BCUT2D eigenvalue weighted by molar-refractivity contribution is 6.36. The molecule has 28 heavy (non-hydrogen) atoms. The minimum atomic E-state index is -1.32. The number of ether oxygens (including phenoxy) is 3. The normalized spacial score (nSPS) is 36.8. The molecule has 2 aliphatic carbocycles. The summed E-state index contributed by atoms with van der Waals surface area (Å²) in [5.74, 6) is -1.86. The van der Waals surface area contributed by atoms with Crippen molar-refractivity contribution in [1.29, 1.82) is 0 Å². The van der Waals surface area contributed by atoms with Crippen LogP contribution in [0.4, 0.5) is 0 Å². The maximum atomic E-state index is 13.5. The van der Waals surface area contributed by atoms with Gasteiger partial charge in [0.25, 0.3) is 0 Å². The first-order chi connectivity index (χ1) is 12.7. The number of rotatable bonds is 4. The standard InChI is InChI=1S/C20H29ClO7/c1-11(22)26-10-20(21)8-7-15-18(4,5)16(28-13(3)24)14(27-12(2)23)9-19(15,6)17(20)25/h14-16H,7-10H2,1-6H3/t14-,15+,16+,19+,20+/m1/s1. The quantitative estimate of drug-likeness (QED) is 0.395. The van der Waals surface area contributed by atoms with Gasteiger partial charge in [0, 0.05) is 38.0 Å². The average Bonchev–Trinajstić information content (AvgIpc) is 2.53. The van der Waals surface area contributed by atoms with Crippen LogP contribution in [0.25, 0.3) is 0 Å². The molecule has 0 aliphatic heterocycles. The molecule has 5 atom stereocenters. The minimum absolute atomic E-state index is 0.145. The Morgan fingerprint density at radius 3 is 2.11 bits per heavy atom. The zero-order chi connectivity index (χ0) is 21.5. The van der Waals surface area contributed by atoms with Crippen molar-refractivity contribution in [2.75, 3.05) is 6.61 Å². The van der Waals surface area contributed by atoms with Crippen molar-refractivity contribution >= 4 is 35.3 Å². The molecule has 0 amide bonds. The molecule has 2 aliphatic rings. The Hall–Kier alpha value is -1.63. The van der Waals surface area contributed by atoms with Crippen molar-refractivity contribution in [3.05, 3.63) is 0 Å². The van der Waals surface area contributed by atoms with Gasteiger partial charge in [0.15, 0.2) is 5.78 Å². The lowest BCUT2D eigenvalue weighted by atomic mass is 9.48. The summed E-state index contributed by atoms with van der Waals surface area (Å²) in [7, 11) is 0. The Morgan fingerprint density at radius 2 is 1.61 bits per heavy atom. The smallest absolute Gasteiger partial charge is 0.303 e. The molecule has 8 heteroatoms. The number of esters is 3. The SMILES string of the molecule is CC(=O)OC[C@@]1(Cl)CC[C@H]2C(C)(C)[C@@H](OC(C)=O)[C@H](OC(C)=O)C[C@]2(C)C1=O. The zero-order valence-corrected chi connectivity index (χ0v) is 18.1. The third kappa shape index (κ3) is 4.04. The first-order valence-corrected chi connectivity index (χ1v) is 9.83. The Morgan fingerprint density at radius 1 is 1.04 bits per heavy atom. The van der Waals surface area contributed by atoms with Gasteiger partial charge in [0.1, 0.15) is 23.7 Å². The summed E-state index contributed by atoms with van der Waals surface area (Å²) in [4.78, 5) is 46.8. The number of carbonyl (C=O) groups excluding carboxylic acids is 4. The molecule has 0 aromatic heterocycles. The molecule has 0 bridgehead atoms.